The average molecular weight is 419 g/mol. The van der Waals surface area contributed by atoms with Crippen LogP contribution in [-0.2, 0) is 9.59 Å². The standard InChI is InChI=1S/C26H42O2S/c1-8-11-16-24(19-20(4)14-10-3)25(28)17-13-15-21(5)23(7)29-26(22(6)27)18-12-9-2/h14,18-19,21H,7-13,15-17H2,1-6H3/b20-14+,24-19+,26-18-. The third kappa shape index (κ3) is 12.7. The molecule has 0 aromatic rings. The summed E-state index contributed by atoms with van der Waals surface area (Å²) in [5.41, 5.74) is 2.15. The third-order valence-corrected chi connectivity index (χ3v) is 6.22. The van der Waals surface area contributed by atoms with Crippen LogP contribution in [0, 0.1) is 5.92 Å². The van der Waals surface area contributed by atoms with Gasteiger partial charge < -0.3 is 0 Å². The highest BCUT2D eigenvalue weighted by molar-refractivity contribution is 8.07. The number of carbonyl (C=O) groups is 2. The SMILES string of the molecule is C=C(S/C(=C\CCC)C(C)=O)C(C)CCCC(=O)/C(=C/C(C)=C/CC)CCCC. The molecule has 2 nitrogen and oxygen atoms in total. The molecule has 0 saturated carbocycles. The van der Waals surface area contributed by atoms with Crippen LogP contribution in [0.25, 0.3) is 0 Å². The monoisotopic (exact) mass is 418 g/mol. The first-order valence-electron chi connectivity index (χ1n) is 11.2. The van der Waals surface area contributed by atoms with E-state index in [0.717, 1.165) is 66.7 Å². The molecule has 0 aromatic carbocycles. The number of ketones is 2. The molecule has 0 aliphatic heterocycles. The predicted molar refractivity (Wildman–Crippen MR) is 130 cm³/mol. The van der Waals surface area contributed by atoms with Crippen LogP contribution in [0.15, 0.2) is 45.8 Å². The van der Waals surface area contributed by atoms with Crippen molar-refractivity contribution in [1.82, 2.24) is 0 Å². The van der Waals surface area contributed by atoms with Gasteiger partial charge in [0.05, 0.1) is 4.91 Å². The second kappa shape index (κ2) is 16.4. The van der Waals surface area contributed by atoms with Crippen LogP contribution in [0.3, 0.4) is 0 Å². The van der Waals surface area contributed by atoms with Crippen LogP contribution < -0.4 is 0 Å². The lowest BCUT2D eigenvalue weighted by atomic mass is 9.96. The first kappa shape index (κ1) is 27.6. The highest BCUT2D eigenvalue weighted by Gasteiger charge is 2.14. The summed E-state index contributed by atoms with van der Waals surface area (Å²) in [4.78, 5) is 26.4. The van der Waals surface area contributed by atoms with E-state index in [2.05, 4.69) is 53.3 Å². The van der Waals surface area contributed by atoms with E-state index in [1.165, 1.54) is 17.3 Å². The van der Waals surface area contributed by atoms with Gasteiger partial charge in [-0.15, -0.1) is 0 Å². The van der Waals surface area contributed by atoms with E-state index in [9.17, 15) is 9.59 Å². The van der Waals surface area contributed by atoms with Gasteiger partial charge in [0, 0.05) is 6.42 Å². The van der Waals surface area contributed by atoms with Crippen molar-refractivity contribution in [3.63, 3.8) is 0 Å². The molecule has 0 aliphatic rings. The fraction of sp³-hybridized carbons (Fsp3) is 0.615. The summed E-state index contributed by atoms with van der Waals surface area (Å²) in [7, 11) is 0. The number of Topliss-reactive ketones (excluding diaryl/α,β-unsaturated/α-hetero) is 2. The minimum Gasteiger partial charge on any atom is -0.295 e. The quantitative estimate of drug-likeness (QED) is 0.186. The van der Waals surface area contributed by atoms with Gasteiger partial charge in [0.2, 0.25) is 0 Å². The maximum Gasteiger partial charge on any atom is 0.166 e. The Balaban J connectivity index is 4.76. The molecule has 0 aromatic heterocycles. The Labute approximate surface area is 184 Å². The van der Waals surface area contributed by atoms with Gasteiger partial charge in [0.1, 0.15) is 0 Å². The molecule has 0 amide bonds. The van der Waals surface area contributed by atoms with Gasteiger partial charge in [-0.25, -0.2) is 0 Å². The van der Waals surface area contributed by atoms with Crippen molar-refractivity contribution in [2.45, 2.75) is 99.3 Å². The Bertz CT molecular complexity index is 623. The fourth-order valence-corrected chi connectivity index (χ4v) is 3.93. The zero-order chi connectivity index (χ0) is 22.2. The predicted octanol–water partition coefficient (Wildman–Crippen LogP) is 8.35. The van der Waals surface area contributed by atoms with Gasteiger partial charge in [0.25, 0.3) is 0 Å². The summed E-state index contributed by atoms with van der Waals surface area (Å²) in [5, 5.41) is 0. The lowest BCUT2D eigenvalue weighted by Gasteiger charge is -2.15. The number of thioether (sulfide) groups is 1. The van der Waals surface area contributed by atoms with Crippen LogP contribution >= 0.6 is 11.8 Å². The van der Waals surface area contributed by atoms with Crippen molar-refractivity contribution in [3.05, 3.63) is 45.8 Å². The third-order valence-electron chi connectivity index (χ3n) is 4.88. The van der Waals surface area contributed by atoms with Crippen LogP contribution in [0.4, 0.5) is 0 Å². The topological polar surface area (TPSA) is 34.1 Å². The average Bonchev–Trinajstić information content (AvgIpc) is 2.67. The normalized spacial score (nSPS) is 14.1. The van der Waals surface area contributed by atoms with E-state index in [1.807, 2.05) is 6.08 Å². The largest absolute Gasteiger partial charge is 0.295 e. The number of allylic oxidation sites excluding steroid dienone is 7. The molecule has 0 aliphatic carbocycles. The second-order valence-corrected chi connectivity index (χ2v) is 9.00. The number of rotatable bonds is 16. The smallest absolute Gasteiger partial charge is 0.166 e. The highest BCUT2D eigenvalue weighted by atomic mass is 32.2. The molecule has 3 heteroatoms. The van der Waals surface area contributed by atoms with Gasteiger partial charge in [-0.2, -0.15) is 0 Å². The van der Waals surface area contributed by atoms with Crippen LogP contribution in [0.5, 0.6) is 0 Å². The molecule has 1 atom stereocenters. The molecular weight excluding hydrogens is 376 g/mol. The maximum absolute atomic E-state index is 12.7. The second-order valence-electron chi connectivity index (χ2n) is 7.83. The molecule has 0 bridgehead atoms. The Morgan fingerprint density at radius 3 is 2.24 bits per heavy atom. The Kier molecular flexibility index (Phi) is 15.7. The van der Waals surface area contributed by atoms with Crippen molar-refractivity contribution in [2.24, 2.45) is 5.92 Å². The summed E-state index contributed by atoms with van der Waals surface area (Å²) < 4.78 is 0. The molecule has 164 valence electrons. The molecule has 0 heterocycles. The number of unbranched alkanes of at least 4 members (excludes halogenated alkanes) is 2. The van der Waals surface area contributed by atoms with Crippen molar-refractivity contribution in [1.29, 1.82) is 0 Å². The summed E-state index contributed by atoms with van der Waals surface area (Å²) in [6.45, 7) is 16.4. The lowest BCUT2D eigenvalue weighted by Crippen LogP contribution is -2.05. The molecule has 0 spiro atoms. The summed E-state index contributed by atoms with van der Waals surface area (Å²) >= 11 is 1.50. The lowest BCUT2D eigenvalue weighted by molar-refractivity contribution is -0.116. The van der Waals surface area contributed by atoms with Crippen molar-refractivity contribution < 1.29 is 9.59 Å². The molecule has 0 radical (unpaired) electrons. The molecule has 0 fully saturated rings. The minimum absolute atomic E-state index is 0.105. The van der Waals surface area contributed by atoms with E-state index in [-0.39, 0.29) is 17.5 Å². The van der Waals surface area contributed by atoms with Gasteiger partial charge in [0.15, 0.2) is 11.6 Å². The van der Waals surface area contributed by atoms with E-state index < -0.39 is 0 Å². The van der Waals surface area contributed by atoms with Crippen molar-refractivity contribution in [3.8, 4) is 0 Å². The fourth-order valence-electron chi connectivity index (χ4n) is 2.98. The Morgan fingerprint density at radius 1 is 1.00 bits per heavy atom. The minimum atomic E-state index is 0.105. The van der Waals surface area contributed by atoms with E-state index >= 15 is 0 Å². The van der Waals surface area contributed by atoms with E-state index in [0.29, 0.717) is 6.42 Å². The van der Waals surface area contributed by atoms with Gasteiger partial charge in [-0.1, -0.05) is 82.7 Å². The first-order valence-corrected chi connectivity index (χ1v) is 12.1. The van der Waals surface area contributed by atoms with Crippen molar-refractivity contribution >= 4 is 23.3 Å². The maximum atomic E-state index is 12.7. The highest BCUT2D eigenvalue weighted by Crippen LogP contribution is 2.33. The number of hydrogen-bond donors (Lipinski definition) is 0. The Hall–Kier alpha value is -1.35. The number of hydrogen-bond acceptors (Lipinski definition) is 3. The van der Waals surface area contributed by atoms with Crippen LogP contribution in [-0.4, -0.2) is 11.6 Å². The van der Waals surface area contributed by atoms with Crippen molar-refractivity contribution in [2.75, 3.05) is 0 Å². The molecule has 0 saturated heterocycles. The first-order chi connectivity index (χ1) is 13.8. The zero-order valence-electron chi connectivity index (χ0n) is 19.6. The van der Waals surface area contributed by atoms with Gasteiger partial charge in [-0.05, 0) is 68.8 Å². The number of carbonyl (C=O) groups excluding carboxylic acids is 2. The summed E-state index contributed by atoms with van der Waals surface area (Å²) in [6.07, 6.45) is 14.6. The van der Waals surface area contributed by atoms with Crippen LogP contribution in [0.2, 0.25) is 0 Å². The van der Waals surface area contributed by atoms with E-state index in [4.69, 9.17) is 0 Å². The van der Waals surface area contributed by atoms with Gasteiger partial charge >= 0.3 is 0 Å². The van der Waals surface area contributed by atoms with Gasteiger partial charge in [-0.3, -0.25) is 9.59 Å². The molecule has 0 rings (SSSR count). The molecule has 0 N–H and O–H groups in total. The van der Waals surface area contributed by atoms with Crippen LogP contribution in [0.1, 0.15) is 99.3 Å². The molecule has 1 unspecified atom stereocenters. The van der Waals surface area contributed by atoms with E-state index in [1.54, 1.807) is 6.92 Å². The summed E-state index contributed by atoms with van der Waals surface area (Å²) in [5.74, 6) is 0.662. The molecular formula is C26H42O2S. The molecule has 29 heavy (non-hydrogen) atoms. The summed E-state index contributed by atoms with van der Waals surface area (Å²) in [6, 6.07) is 0. The zero-order valence-corrected chi connectivity index (χ0v) is 20.4. The Morgan fingerprint density at radius 2 is 1.69 bits per heavy atom.